The van der Waals surface area contributed by atoms with Crippen LogP contribution in [0.1, 0.15) is 11.3 Å². The number of nitrogens with zero attached hydrogens (tertiary/aromatic N) is 1. The van der Waals surface area contributed by atoms with E-state index in [9.17, 15) is 4.39 Å². The van der Waals surface area contributed by atoms with Crippen LogP contribution in [0, 0.1) is 5.82 Å². The zero-order valence-electron chi connectivity index (χ0n) is 9.07. The van der Waals surface area contributed by atoms with Crippen molar-refractivity contribution in [2.45, 2.75) is 12.5 Å². The van der Waals surface area contributed by atoms with Crippen LogP contribution in [0.15, 0.2) is 42.6 Å². The summed E-state index contributed by atoms with van der Waals surface area (Å²) in [4.78, 5) is 4.04. The summed E-state index contributed by atoms with van der Waals surface area (Å²) >= 11 is 5.66. The first-order chi connectivity index (χ1) is 8.29. The first-order valence-corrected chi connectivity index (χ1v) is 5.70. The highest BCUT2D eigenvalue weighted by molar-refractivity contribution is 6.16. The second-order valence-corrected chi connectivity index (χ2v) is 3.76. The van der Waals surface area contributed by atoms with Crippen LogP contribution < -0.4 is 4.74 Å². The van der Waals surface area contributed by atoms with Gasteiger partial charge < -0.3 is 4.74 Å². The normalized spacial score (nSPS) is 10.2. The Morgan fingerprint density at radius 1 is 1.24 bits per heavy atom. The molecule has 0 fully saturated rings. The van der Waals surface area contributed by atoms with E-state index in [-0.39, 0.29) is 12.4 Å². The maximum Gasteiger partial charge on any atom is 0.129 e. The fraction of sp³-hybridized carbons (Fsp3) is 0.154. The summed E-state index contributed by atoms with van der Waals surface area (Å²) in [5.41, 5.74) is 1.26. The molecule has 0 aliphatic heterocycles. The van der Waals surface area contributed by atoms with Crippen LogP contribution >= 0.6 is 11.6 Å². The first-order valence-electron chi connectivity index (χ1n) is 5.16. The fourth-order valence-corrected chi connectivity index (χ4v) is 1.54. The molecule has 0 radical (unpaired) electrons. The summed E-state index contributed by atoms with van der Waals surface area (Å²) in [6.07, 6.45) is 1.62. The summed E-state index contributed by atoms with van der Waals surface area (Å²) < 4.78 is 18.8. The zero-order chi connectivity index (χ0) is 12.1. The second kappa shape index (κ2) is 5.64. The molecule has 4 heteroatoms. The van der Waals surface area contributed by atoms with E-state index in [1.165, 1.54) is 6.07 Å². The highest BCUT2D eigenvalue weighted by Gasteiger charge is 2.02. The lowest BCUT2D eigenvalue weighted by atomic mass is 10.2. The van der Waals surface area contributed by atoms with Gasteiger partial charge in [0.05, 0.1) is 11.6 Å². The van der Waals surface area contributed by atoms with Gasteiger partial charge in [-0.05, 0) is 12.1 Å². The van der Waals surface area contributed by atoms with Crippen LogP contribution in [0.3, 0.4) is 0 Å². The van der Waals surface area contributed by atoms with Crippen LogP contribution in [0.4, 0.5) is 4.39 Å². The van der Waals surface area contributed by atoms with Gasteiger partial charge in [-0.1, -0.05) is 18.2 Å². The first kappa shape index (κ1) is 11.9. The Morgan fingerprint density at radius 3 is 2.82 bits per heavy atom. The lowest BCUT2D eigenvalue weighted by Crippen LogP contribution is -1.98. The summed E-state index contributed by atoms with van der Waals surface area (Å²) in [6, 6.07) is 9.99. The molecule has 0 saturated heterocycles. The van der Waals surface area contributed by atoms with E-state index < -0.39 is 0 Å². The maximum absolute atomic E-state index is 13.3. The maximum atomic E-state index is 13.3. The van der Waals surface area contributed by atoms with Gasteiger partial charge >= 0.3 is 0 Å². The Balaban J connectivity index is 2.05. The number of hydrogen-bond donors (Lipinski definition) is 0. The molecule has 2 nitrogen and oxygen atoms in total. The SMILES string of the molecule is Fc1ccccc1COc1ccnc(CCl)c1. The number of halogens is 2. The molecule has 0 amide bonds. The van der Waals surface area contributed by atoms with Crippen LogP contribution in [0.2, 0.25) is 0 Å². The minimum absolute atomic E-state index is 0.193. The Morgan fingerprint density at radius 2 is 2.06 bits per heavy atom. The molecule has 0 aliphatic carbocycles. The summed E-state index contributed by atoms with van der Waals surface area (Å²) in [5, 5.41) is 0. The molecule has 0 N–H and O–H groups in total. The molecule has 0 aliphatic rings. The van der Waals surface area contributed by atoms with Crippen LogP contribution in [-0.2, 0) is 12.5 Å². The lowest BCUT2D eigenvalue weighted by molar-refractivity contribution is 0.299. The molecule has 0 atom stereocenters. The van der Waals surface area contributed by atoms with E-state index in [1.54, 1.807) is 36.5 Å². The van der Waals surface area contributed by atoms with Crippen molar-refractivity contribution in [2.24, 2.45) is 0 Å². The molecular weight excluding hydrogens is 241 g/mol. The number of rotatable bonds is 4. The minimum Gasteiger partial charge on any atom is -0.489 e. The third kappa shape index (κ3) is 3.17. The number of pyridine rings is 1. The van der Waals surface area contributed by atoms with Gasteiger partial charge in [-0.15, -0.1) is 11.6 Å². The molecule has 88 valence electrons. The average molecular weight is 252 g/mol. The Bertz CT molecular complexity index is 504. The predicted octanol–water partition coefficient (Wildman–Crippen LogP) is 3.54. The van der Waals surface area contributed by atoms with Gasteiger partial charge in [0.1, 0.15) is 18.2 Å². The molecule has 1 heterocycles. The van der Waals surface area contributed by atoms with E-state index in [0.29, 0.717) is 17.2 Å². The van der Waals surface area contributed by atoms with E-state index in [0.717, 1.165) is 5.69 Å². The van der Waals surface area contributed by atoms with Crippen molar-refractivity contribution in [3.05, 3.63) is 59.7 Å². The van der Waals surface area contributed by atoms with Crippen molar-refractivity contribution in [3.63, 3.8) is 0 Å². The molecular formula is C13H11ClFNO. The summed E-state index contributed by atoms with van der Waals surface area (Å²) in [7, 11) is 0. The molecule has 0 bridgehead atoms. The van der Waals surface area contributed by atoms with Crippen LogP contribution in [0.25, 0.3) is 0 Å². The van der Waals surface area contributed by atoms with E-state index in [2.05, 4.69) is 4.98 Å². The molecule has 1 aromatic heterocycles. The van der Waals surface area contributed by atoms with Gasteiger partial charge in [-0.25, -0.2) is 4.39 Å². The van der Waals surface area contributed by atoms with Crippen molar-refractivity contribution in [3.8, 4) is 5.75 Å². The third-order valence-electron chi connectivity index (χ3n) is 2.28. The zero-order valence-corrected chi connectivity index (χ0v) is 9.82. The van der Waals surface area contributed by atoms with Gasteiger partial charge in [0.2, 0.25) is 0 Å². The average Bonchev–Trinajstić information content (AvgIpc) is 2.38. The number of alkyl halides is 1. The molecule has 2 aromatic rings. The number of hydrogen-bond acceptors (Lipinski definition) is 2. The van der Waals surface area contributed by atoms with Gasteiger partial charge in [-0.3, -0.25) is 4.98 Å². The van der Waals surface area contributed by atoms with Crippen molar-refractivity contribution >= 4 is 11.6 Å². The Hall–Kier alpha value is -1.61. The van der Waals surface area contributed by atoms with Crippen molar-refractivity contribution in [1.82, 2.24) is 4.98 Å². The highest BCUT2D eigenvalue weighted by Crippen LogP contribution is 2.15. The van der Waals surface area contributed by atoms with Gasteiger partial charge in [0.25, 0.3) is 0 Å². The van der Waals surface area contributed by atoms with Crippen molar-refractivity contribution in [2.75, 3.05) is 0 Å². The Labute approximate surface area is 104 Å². The quantitative estimate of drug-likeness (QED) is 0.776. The van der Waals surface area contributed by atoms with Crippen LogP contribution in [-0.4, -0.2) is 4.98 Å². The van der Waals surface area contributed by atoms with Crippen molar-refractivity contribution < 1.29 is 9.13 Å². The smallest absolute Gasteiger partial charge is 0.129 e. The minimum atomic E-state index is -0.265. The van der Waals surface area contributed by atoms with Gasteiger partial charge in [0.15, 0.2) is 0 Å². The standard InChI is InChI=1S/C13H11ClFNO/c14-8-11-7-12(5-6-16-11)17-9-10-3-1-2-4-13(10)15/h1-7H,8-9H2. The largest absolute Gasteiger partial charge is 0.489 e. The number of aromatic nitrogens is 1. The molecule has 2 rings (SSSR count). The van der Waals surface area contributed by atoms with Gasteiger partial charge in [0, 0.05) is 17.8 Å². The fourth-order valence-electron chi connectivity index (χ4n) is 1.40. The molecule has 17 heavy (non-hydrogen) atoms. The number of benzene rings is 1. The summed E-state index contributed by atoms with van der Waals surface area (Å²) in [6.45, 7) is 0.193. The van der Waals surface area contributed by atoms with E-state index in [1.807, 2.05) is 0 Å². The Kier molecular flexibility index (Phi) is 3.94. The molecule has 1 aromatic carbocycles. The molecule has 0 spiro atoms. The number of ether oxygens (including phenoxy) is 1. The van der Waals surface area contributed by atoms with Crippen LogP contribution in [0.5, 0.6) is 5.75 Å². The summed E-state index contributed by atoms with van der Waals surface area (Å²) in [5.74, 6) is 0.703. The lowest BCUT2D eigenvalue weighted by Gasteiger charge is -2.07. The topological polar surface area (TPSA) is 22.1 Å². The molecule has 0 unspecified atom stereocenters. The van der Waals surface area contributed by atoms with E-state index in [4.69, 9.17) is 16.3 Å². The molecule has 0 saturated carbocycles. The monoisotopic (exact) mass is 251 g/mol. The van der Waals surface area contributed by atoms with Gasteiger partial charge in [-0.2, -0.15) is 0 Å². The predicted molar refractivity (Wildman–Crippen MR) is 64.5 cm³/mol. The highest BCUT2D eigenvalue weighted by atomic mass is 35.5. The third-order valence-corrected chi connectivity index (χ3v) is 2.55. The van der Waals surface area contributed by atoms with Crippen molar-refractivity contribution in [1.29, 1.82) is 0 Å². The second-order valence-electron chi connectivity index (χ2n) is 3.50. The van der Waals surface area contributed by atoms with E-state index >= 15 is 0 Å².